The van der Waals surface area contributed by atoms with Crippen molar-refractivity contribution in [1.29, 1.82) is 0 Å². The predicted molar refractivity (Wildman–Crippen MR) is 79.2 cm³/mol. The number of hydrogen-bond acceptors (Lipinski definition) is 6. The zero-order valence-electron chi connectivity index (χ0n) is 12.4. The van der Waals surface area contributed by atoms with Gasteiger partial charge >= 0.3 is 0 Å². The second-order valence-electron chi connectivity index (χ2n) is 5.37. The minimum Gasteiger partial charge on any atom is -0.385 e. The van der Waals surface area contributed by atoms with Crippen molar-refractivity contribution < 1.29 is 9.26 Å². The summed E-state index contributed by atoms with van der Waals surface area (Å²) in [6.45, 7) is 3.45. The molecule has 1 aliphatic rings. The van der Waals surface area contributed by atoms with Gasteiger partial charge in [0, 0.05) is 38.4 Å². The van der Waals surface area contributed by atoms with Gasteiger partial charge in [0.25, 0.3) is 0 Å². The lowest BCUT2D eigenvalue weighted by atomic mass is 10.1. The van der Waals surface area contributed by atoms with E-state index in [4.69, 9.17) is 9.26 Å². The van der Waals surface area contributed by atoms with Crippen LogP contribution in [0, 0.1) is 6.92 Å². The Hall–Kier alpha value is -1.95. The highest BCUT2D eigenvalue weighted by molar-refractivity contribution is 5.61. The monoisotopic (exact) mass is 288 g/mol. The summed E-state index contributed by atoms with van der Waals surface area (Å²) in [7, 11) is 1.70. The summed E-state index contributed by atoms with van der Waals surface area (Å²) in [5.41, 5.74) is 2.89. The normalized spacial score (nSPS) is 14.4. The number of nitrogens with one attached hydrogen (secondary N) is 1. The van der Waals surface area contributed by atoms with Crippen molar-refractivity contribution in [2.75, 3.05) is 25.6 Å². The summed E-state index contributed by atoms with van der Waals surface area (Å²) in [5.74, 6) is 1.95. The number of anilines is 1. The highest BCUT2D eigenvalue weighted by atomic mass is 16.5. The van der Waals surface area contributed by atoms with Crippen LogP contribution in [0.5, 0.6) is 0 Å². The van der Waals surface area contributed by atoms with Gasteiger partial charge in [-0.3, -0.25) is 0 Å². The van der Waals surface area contributed by atoms with Crippen molar-refractivity contribution in [3.05, 3.63) is 23.7 Å². The number of nitrogens with zero attached hydrogens (tertiary/aromatic N) is 3. The molecule has 0 aliphatic heterocycles. The van der Waals surface area contributed by atoms with Gasteiger partial charge in [-0.05, 0) is 26.2 Å². The molecule has 0 atom stereocenters. The molecule has 6 heteroatoms. The molecule has 21 heavy (non-hydrogen) atoms. The van der Waals surface area contributed by atoms with Crippen molar-refractivity contribution >= 4 is 5.95 Å². The Labute approximate surface area is 123 Å². The minimum atomic E-state index is 0.521. The van der Waals surface area contributed by atoms with Gasteiger partial charge in [0.15, 0.2) is 5.76 Å². The molecule has 1 saturated carbocycles. The lowest BCUT2D eigenvalue weighted by Crippen LogP contribution is -2.09. The van der Waals surface area contributed by atoms with Crippen LogP contribution in [0.25, 0.3) is 11.3 Å². The molecule has 1 N–H and O–H groups in total. The zero-order chi connectivity index (χ0) is 14.7. The molecule has 6 nitrogen and oxygen atoms in total. The summed E-state index contributed by atoms with van der Waals surface area (Å²) in [4.78, 5) is 9.05. The van der Waals surface area contributed by atoms with E-state index in [0.29, 0.717) is 11.9 Å². The fourth-order valence-corrected chi connectivity index (χ4v) is 2.25. The van der Waals surface area contributed by atoms with Gasteiger partial charge in [0.2, 0.25) is 5.95 Å². The van der Waals surface area contributed by atoms with Gasteiger partial charge in [0.1, 0.15) is 0 Å². The number of hydrogen-bond donors (Lipinski definition) is 1. The van der Waals surface area contributed by atoms with Crippen LogP contribution >= 0.6 is 0 Å². The van der Waals surface area contributed by atoms with E-state index in [9.17, 15) is 0 Å². The molecule has 0 bridgehead atoms. The van der Waals surface area contributed by atoms with E-state index in [1.165, 1.54) is 12.8 Å². The van der Waals surface area contributed by atoms with E-state index in [1.807, 2.05) is 19.2 Å². The number of ether oxygens (including phenoxy) is 1. The van der Waals surface area contributed by atoms with Crippen molar-refractivity contribution in [3.63, 3.8) is 0 Å². The fraction of sp³-hybridized carbons (Fsp3) is 0.533. The largest absolute Gasteiger partial charge is 0.385 e. The maximum absolute atomic E-state index is 5.35. The highest BCUT2D eigenvalue weighted by Crippen LogP contribution is 2.43. The van der Waals surface area contributed by atoms with E-state index in [2.05, 4.69) is 20.4 Å². The molecule has 1 aliphatic carbocycles. The van der Waals surface area contributed by atoms with Gasteiger partial charge in [-0.25, -0.2) is 9.97 Å². The molecule has 0 aromatic carbocycles. The van der Waals surface area contributed by atoms with Crippen LogP contribution < -0.4 is 5.32 Å². The number of aryl methyl sites for hydroxylation is 1. The maximum atomic E-state index is 5.35. The summed E-state index contributed by atoms with van der Waals surface area (Å²) in [6, 6.07) is 1.93. The van der Waals surface area contributed by atoms with Gasteiger partial charge in [-0.1, -0.05) is 5.16 Å². The Morgan fingerprint density at radius 1 is 1.43 bits per heavy atom. The van der Waals surface area contributed by atoms with Crippen LogP contribution in [0.2, 0.25) is 0 Å². The summed E-state index contributed by atoms with van der Waals surface area (Å²) in [5, 5.41) is 7.18. The molecule has 1 fully saturated rings. The first-order chi connectivity index (χ1) is 10.3. The third-order valence-electron chi connectivity index (χ3n) is 3.48. The van der Waals surface area contributed by atoms with Crippen molar-refractivity contribution in [2.24, 2.45) is 0 Å². The molecular formula is C15H20N4O2. The van der Waals surface area contributed by atoms with Crippen LogP contribution in [0.3, 0.4) is 0 Å². The topological polar surface area (TPSA) is 73.1 Å². The lowest BCUT2D eigenvalue weighted by molar-refractivity contribution is 0.197. The van der Waals surface area contributed by atoms with Crippen LogP contribution in [0.15, 0.2) is 16.8 Å². The molecule has 0 saturated heterocycles. The van der Waals surface area contributed by atoms with Crippen molar-refractivity contribution in [2.45, 2.75) is 32.1 Å². The molecule has 2 heterocycles. The first-order valence-corrected chi connectivity index (χ1v) is 7.31. The quantitative estimate of drug-likeness (QED) is 0.790. The molecule has 3 rings (SSSR count). The van der Waals surface area contributed by atoms with Gasteiger partial charge in [0.05, 0.1) is 17.0 Å². The third-order valence-corrected chi connectivity index (χ3v) is 3.48. The Bertz CT molecular complexity index is 607. The van der Waals surface area contributed by atoms with Crippen LogP contribution in [0.1, 0.15) is 36.6 Å². The lowest BCUT2D eigenvalue weighted by Gasteiger charge is -2.09. The average Bonchev–Trinajstić information content (AvgIpc) is 3.25. The van der Waals surface area contributed by atoms with Gasteiger partial charge in [-0.15, -0.1) is 0 Å². The molecule has 0 amide bonds. The number of rotatable bonds is 7. The maximum Gasteiger partial charge on any atom is 0.222 e. The smallest absolute Gasteiger partial charge is 0.222 e. The van der Waals surface area contributed by atoms with E-state index < -0.39 is 0 Å². The number of methoxy groups -OCH3 is 1. The SMILES string of the molecule is COCCCNc1ncc(-c2cc(C)no2)c(C2CC2)n1. The molecule has 2 aromatic rings. The molecule has 0 spiro atoms. The molecule has 0 unspecified atom stereocenters. The summed E-state index contributed by atoms with van der Waals surface area (Å²) >= 11 is 0. The first kappa shape index (κ1) is 14.0. The molecule has 0 radical (unpaired) electrons. The third kappa shape index (κ3) is 3.39. The summed E-state index contributed by atoms with van der Waals surface area (Å²) in [6.07, 6.45) is 5.13. The van der Waals surface area contributed by atoms with E-state index in [0.717, 1.165) is 42.3 Å². The minimum absolute atomic E-state index is 0.521. The Morgan fingerprint density at radius 3 is 2.95 bits per heavy atom. The first-order valence-electron chi connectivity index (χ1n) is 7.31. The van der Waals surface area contributed by atoms with Crippen LogP contribution in [-0.4, -0.2) is 35.4 Å². The van der Waals surface area contributed by atoms with E-state index in [-0.39, 0.29) is 0 Å². The van der Waals surface area contributed by atoms with Gasteiger partial charge in [-0.2, -0.15) is 0 Å². The summed E-state index contributed by atoms with van der Waals surface area (Å²) < 4.78 is 10.4. The second kappa shape index (κ2) is 6.22. The fourth-order valence-electron chi connectivity index (χ4n) is 2.25. The molecular weight excluding hydrogens is 268 g/mol. The van der Waals surface area contributed by atoms with Crippen LogP contribution in [-0.2, 0) is 4.74 Å². The number of aromatic nitrogens is 3. The molecule has 112 valence electrons. The predicted octanol–water partition coefficient (Wildman–Crippen LogP) is 2.77. The van der Waals surface area contributed by atoms with Crippen LogP contribution in [0.4, 0.5) is 5.95 Å². The Kier molecular flexibility index (Phi) is 4.15. The van der Waals surface area contributed by atoms with Crippen molar-refractivity contribution in [3.8, 4) is 11.3 Å². The molecule has 2 aromatic heterocycles. The van der Waals surface area contributed by atoms with Gasteiger partial charge < -0.3 is 14.6 Å². The Morgan fingerprint density at radius 2 is 2.29 bits per heavy atom. The van der Waals surface area contributed by atoms with Crippen molar-refractivity contribution in [1.82, 2.24) is 15.1 Å². The van der Waals surface area contributed by atoms with E-state index in [1.54, 1.807) is 7.11 Å². The zero-order valence-corrected chi connectivity index (χ0v) is 12.4. The second-order valence-corrected chi connectivity index (χ2v) is 5.37. The Balaban J connectivity index is 1.78. The van der Waals surface area contributed by atoms with E-state index >= 15 is 0 Å². The average molecular weight is 288 g/mol. The highest BCUT2D eigenvalue weighted by Gasteiger charge is 2.29. The standard InChI is InChI=1S/C15H20N4O2/c1-10-8-13(21-19-10)12-9-17-15(16-6-3-7-20-2)18-14(12)11-4-5-11/h8-9,11H,3-7H2,1-2H3,(H,16,17,18).